The van der Waals surface area contributed by atoms with E-state index in [4.69, 9.17) is 16.2 Å². The van der Waals surface area contributed by atoms with Gasteiger partial charge < -0.3 is 21.3 Å². The molecular formula is C13H20N2O2. The minimum absolute atomic E-state index is 0.168. The van der Waals surface area contributed by atoms with E-state index in [0.29, 0.717) is 23.6 Å². The monoisotopic (exact) mass is 236 g/mol. The summed E-state index contributed by atoms with van der Waals surface area (Å²) in [5.41, 5.74) is 12.6. The molecule has 4 heteroatoms. The molecule has 0 saturated carbocycles. The highest BCUT2D eigenvalue weighted by molar-refractivity contribution is 5.61. The lowest BCUT2D eigenvalue weighted by Gasteiger charge is -2.23. The summed E-state index contributed by atoms with van der Waals surface area (Å²) in [4.78, 5) is 0. The molecule has 4 nitrogen and oxygen atoms in total. The summed E-state index contributed by atoms with van der Waals surface area (Å²) in [5.74, 6) is 0.842. The van der Waals surface area contributed by atoms with E-state index in [9.17, 15) is 5.11 Å². The number of ether oxygens (including phenoxy) is 1. The Hall–Kier alpha value is -1.68. The maximum absolute atomic E-state index is 9.73. The molecule has 17 heavy (non-hydrogen) atoms. The number of hydrogen-bond acceptors (Lipinski definition) is 4. The summed E-state index contributed by atoms with van der Waals surface area (Å²) in [6, 6.07) is 5.00. The second-order valence-electron chi connectivity index (χ2n) is 4.61. The molecule has 0 aromatic heterocycles. The lowest BCUT2D eigenvalue weighted by atomic mass is 9.88. The number of phenolic OH excluding ortho intramolecular Hbond substituents is 1. The Balaban J connectivity index is 3.13. The molecule has 0 unspecified atom stereocenters. The van der Waals surface area contributed by atoms with Crippen LogP contribution >= 0.6 is 0 Å². The van der Waals surface area contributed by atoms with E-state index in [1.54, 1.807) is 31.4 Å². The normalized spacial score (nSPS) is 12.6. The Labute approximate surface area is 102 Å². The van der Waals surface area contributed by atoms with Gasteiger partial charge in [0.2, 0.25) is 0 Å². The molecule has 0 spiro atoms. The summed E-state index contributed by atoms with van der Waals surface area (Å²) in [7, 11) is 1.58. The number of rotatable bonds is 4. The zero-order chi connectivity index (χ0) is 13.1. The first-order chi connectivity index (χ1) is 7.90. The average molecular weight is 236 g/mol. The molecular weight excluding hydrogens is 216 g/mol. The molecule has 0 fully saturated rings. The molecule has 0 heterocycles. The van der Waals surface area contributed by atoms with Crippen LogP contribution in [0.3, 0.4) is 0 Å². The summed E-state index contributed by atoms with van der Waals surface area (Å²) >= 11 is 0. The summed E-state index contributed by atoms with van der Waals surface area (Å²) in [5, 5.41) is 9.73. The van der Waals surface area contributed by atoms with Gasteiger partial charge in [0.1, 0.15) is 11.5 Å². The van der Waals surface area contributed by atoms with E-state index in [-0.39, 0.29) is 11.2 Å². The smallest absolute Gasteiger partial charge is 0.123 e. The number of benzene rings is 1. The number of aromatic hydroxyl groups is 1. The standard InChI is InChI=1S/C13H20N2O2/c1-13(2,8-14)12(15)7-9-6-10(17-3)4-5-11(9)16/h4-7,16H,8,14-15H2,1-3H3. The molecule has 0 aliphatic heterocycles. The number of hydrogen-bond donors (Lipinski definition) is 3. The van der Waals surface area contributed by atoms with Crippen molar-refractivity contribution >= 4 is 6.08 Å². The van der Waals surface area contributed by atoms with Gasteiger partial charge in [-0.2, -0.15) is 0 Å². The van der Waals surface area contributed by atoms with E-state index in [0.717, 1.165) is 0 Å². The van der Waals surface area contributed by atoms with Crippen molar-refractivity contribution < 1.29 is 9.84 Å². The van der Waals surface area contributed by atoms with Gasteiger partial charge in [0.25, 0.3) is 0 Å². The van der Waals surface area contributed by atoms with Crippen LogP contribution in [0.15, 0.2) is 23.9 Å². The van der Waals surface area contributed by atoms with Gasteiger partial charge in [-0.05, 0) is 24.3 Å². The minimum atomic E-state index is -0.296. The van der Waals surface area contributed by atoms with Gasteiger partial charge in [-0.1, -0.05) is 13.8 Å². The Kier molecular flexibility index (Phi) is 4.02. The van der Waals surface area contributed by atoms with Crippen molar-refractivity contribution in [2.45, 2.75) is 13.8 Å². The molecule has 0 aliphatic rings. The molecule has 1 aromatic rings. The van der Waals surface area contributed by atoms with E-state index in [1.165, 1.54) is 0 Å². The fourth-order valence-electron chi connectivity index (χ4n) is 1.26. The van der Waals surface area contributed by atoms with E-state index < -0.39 is 0 Å². The molecule has 5 N–H and O–H groups in total. The quantitative estimate of drug-likeness (QED) is 0.743. The van der Waals surface area contributed by atoms with Gasteiger partial charge in [0.05, 0.1) is 7.11 Å². The number of methoxy groups -OCH3 is 1. The highest BCUT2D eigenvalue weighted by Crippen LogP contribution is 2.28. The van der Waals surface area contributed by atoms with Crippen molar-refractivity contribution in [1.82, 2.24) is 0 Å². The molecule has 0 atom stereocenters. The van der Waals surface area contributed by atoms with Gasteiger partial charge in [-0.3, -0.25) is 0 Å². The molecule has 0 amide bonds. The number of nitrogens with two attached hydrogens (primary N) is 2. The largest absolute Gasteiger partial charge is 0.507 e. The van der Waals surface area contributed by atoms with Gasteiger partial charge in [-0.15, -0.1) is 0 Å². The molecule has 0 aliphatic carbocycles. The fraction of sp³-hybridized carbons (Fsp3) is 0.385. The zero-order valence-electron chi connectivity index (χ0n) is 10.5. The molecule has 0 radical (unpaired) electrons. The third-order valence-corrected chi connectivity index (χ3v) is 2.84. The van der Waals surface area contributed by atoms with Crippen LogP contribution in [0.25, 0.3) is 6.08 Å². The summed E-state index contributed by atoms with van der Waals surface area (Å²) < 4.78 is 5.10. The lowest BCUT2D eigenvalue weighted by Crippen LogP contribution is -2.29. The van der Waals surface area contributed by atoms with Crippen LogP contribution in [0.1, 0.15) is 19.4 Å². The molecule has 94 valence electrons. The first kappa shape index (κ1) is 13.4. The molecule has 1 aromatic carbocycles. The van der Waals surface area contributed by atoms with Crippen LogP contribution in [-0.2, 0) is 0 Å². The van der Waals surface area contributed by atoms with Crippen molar-refractivity contribution in [3.8, 4) is 11.5 Å². The highest BCUT2D eigenvalue weighted by Gasteiger charge is 2.19. The SMILES string of the molecule is COc1ccc(O)c(C=C(N)C(C)(C)CN)c1. The van der Waals surface area contributed by atoms with Crippen LogP contribution < -0.4 is 16.2 Å². The van der Waals surface area contributed by atoms with Gasteiger partial charge in [0.15, 0.2) is 0 Å². The topological polar surface area (TPSA) is 81.5 Å². The molecule has 0 bridgehead atoms. The third-order valence-electron chi connectivity index (χ3n) is 2.84. The maximum atomic E-state index is 9.73. The van der Waals surface area contributed by atoms with Crippen molar-refractivity contribution in [2.75, 3.05) is 13.7 Å². The van der Waals surface area contributed by atoms with Gasteiger partial charge >= 0.3 is 0 Å². The van der Waals surface area contributed by atoms with Crippen LogP contribution in [0.4, 0.5) is 0 Å². The van der Waals surface area contributed by atoms with Crippen LogP contribution in [0.2, 0.25) is 0 Å². The minimum Gasteiger partial charge on any atom is -0.507 e. The molecule has 0 saturated heterocycles. The Morgan fingerprint density at radius 3 is 2.65 bits per heavy atom. The van der Waals surface area contributed by atoms with Crippen molar-refractivity contribution in [1.29, 1.82) is 0 Å². The zero-order valence-corrected chi connectivity index (χ0v) is 10.5. The number of phenols is 1. The van der Waals surface area contributed by atoms with Gasteiger partial charge in [-0.25, -0.2) is 0 Å². The Morgan fingerprint density at radius 2 is 2.12 bits per heavy atom. The maximum Gasteiger partial charge on any atom is 0.123 e. The van der Waals surface area contributed by atoms with Crippen molar-refractivity contribution in [2.24, 2.45) is 16.9 Å². The summed E-state index contributed by atoms with van der Waals surface area (Å²) in [6.07, 6.45) is 1.73. The first-order valence-corrected chi connectivity index (χ1v) is 5.45. The third kappa shape index (κ3) is 3.14. The average Bonchev–Trinajstić information content (AvgIpc) is 2.31. The Bertz CT molecular complexity index is 425. The van der Waals surface area contributed by atoms with Crippen LogP contribution in [-0.4, -0.2) is 18.8 Å². The lowest BCUT2D eigenvalue weighted by molar-refractivity contribution is 0.412. The molecule has 1 rings (SSSR count). The van der Waals surface area contributed by atoms with Crippen LogP contribution in [0, 0.1) is 5.41 Å². The van der Waals surface area contributed by atoms with Crippen molar-refractivity contribution in [3.05, 3.63) is 29.5 Å². The van der Waals surface area contributed by atoms with Crippen molar-refractivity contribution in [3.63, 3.8) is 0 Å². The van der Waals surface area contributed by atoms with E-state index in [2.05, 4.69) is 0 Å². The Morgan fingerprint density at radius 1 is 1.47 bits per heavy atom. The van der Waals surface area contributed by atoms with E-state index in [1.807, 2.05) is 13.8 Å². The van der Waals surface area contributed by atoms with Crippen LogP contribution in [0.5, 0.6) is 11.5 Å². The summed E-state index contributed by atoms with van der Waals surface area (Å²) in [6.45, 7) is 4.35. The first-order valence-electron chi connectivity index (χ1n) is 5.45. The second kappa shape index (κ2) is 5.10. The predicted octanol–water partition coefficient (Wildman–Crippen LogP) is 1.69. The van der Waals surface area contributed by atoms with Gasteiger partial charge in [0, 0.05) is 23.2 Å². The second-order valence-corrected chi connectivity index (χ2v) is 4.61. The fourth-order valence-corrected chi connectivity index (χ4v) is 1.26. The predicted molar refractivity (Wildman–Crippen MR) is 69.7 cm³/mol. The van der Waals surface area contributed by atoms with E-state index >= 15 is 0 Å². The highest BCUT2D eigenvalue weighted by atomic mass is 16.5.